The van der Waals surface area contributed by atoms with Crippen LogP contribution in [0.5, 0.6) is 0 Å². The molecule has 2 atom stereocenters. The van der Waals surface area contributed by atoms with Gasteiger partial charge >= 0.3 is 0 Å². The molecule has 0 spiro atoms. The van der Waals surface area contributed by atoms with Gasteiger partial charge in [-0.25, -0.2) is 4.39 Å². The fourth-order valence-electron chi connectivity index (χ4n) is 0.810. The van der Waals surface area contributed by atoms with Crippen LogP contribution in [0.25, 0.3) is 0 Å². The fourth-order valence-corrected chi connectivity index (χ4v) is 0.810. The summed E-state index contributed by atoms with van der Waals surface area (Å²) in [5.41, 5.74) is 0. The number of hydrogen-bond donors (Lipinski definition) is 0. The van der Waals surface area contributed by atoms with Gasteiger partial charge in [-0.1, -0.05) is 6.92 Å². The Labute approximate surface area is 48.8 Å². The third-order valence-electron chi connectivity index (χ3n) is 1.61. The van der Waals surface area contributed by atoms with Crippen molar-refractivity contribution in [1.82, 2.24) is 0 Å². The minimum absolute atomic E-state index is 0.212. The van der Waals surface area contributed by atoms with Crippen LogP contribution < -0.4 is 0 Å². The molecule has 1 fully saturated rings. The molecule has 0 amide bonds. The first kappa shape index (κ1) is 6.02. The number of halogens is 1. The highest BCUT2D eigenvalue weighted by atomic mass is 19.1. The summed E-state index contributed by atoms with van der Waals surface area (Å²) in [6, 6.07) is 0. The molecular formula is C6H11FO. The van der Waals surface area contributed by atoms with Crippen molar-refractivity contribution >= 4 is 0 Å². The Balaban J connectivity index is 2.28. The lowest BCUT2D eigenvalue weighted by Crippen LogP contribution is -2.26. The SMILES string of the molecule is CC1CCOCC1F. The van der Waals surface area contributed by atoms with Crippen LogP contribution in [-0.2, 0) is 4.74 Å². The Morgan fingerprint density at radius 1 is 1.62 bits per heavy atom. The van der Waals surface area contributed by atoms with Gasteiger partial charge in [0, 0.05) is 6.61 Å². The van der Waals surface area contributed by atoms with Crippen molar-refractivity contribution in [2.45, 2.75) is 19.5 Å². The molecule has 0 aromatic rings. The molecular weight excluding hydrogens is 107 g/mol. The lowest BCUT2D eigenvalue weighted by atomic mass is 10.0. The molecule has 8 heavy (non-hydrogen) atoms. The van der Waals surface area contributed by atoms with Crippen molar-refractivity contribution < 1.29 is 9.13 Å². The van der Waals surface area contributed by atoms with Crippen LogP contribution in [0.3, 0.4) is 0 Å². The van der Waals surface area contributed by atoms with E-state index in [1.165, 1.54) is 0 Å². The molecule has 0 aliphatic carbocycles. The summed E-state index contributed by atoms with van der Waals surface area (Å²) >= 11 is 0. The van der Waals surface area contributed by atoms with Gasteiger partial charge in [0.25, 0.3) is 0 Å². The zero-order valence-electron chi connectivity index (χ0n) is 5.06. The summed E-state index contributed by atoms with van der Waals surface area (Å²) in [6.07, 6.45) is 0.157. The summed E-state index contributed by atoms with van der Waals surface area (Å²) in [5.74, 6) is 0.212. The number of ether oxygens (including phenoxy) is 1. The van der Waals surface area contributed by atoms with E-state index in [0.717, 1.165) is 13.0 Å². The molecule has 1 rings (SSSR count). The van der Waals surface area contributed by atoms with Crippen molar-refractivity contribution in [3.8, 4) is 0 Å². The second-order valence-corrected chi connectivity index (χ2v) is 2.36. The van der Waals surface area contributed by atoms with E-state index in [9.17, 15) is 4.39 Å². The largest absolute Gasteiger partial charge is 0.378 e. The second kappa shape index (κ2) is 2.44. The minimum Gasteiger partial charge on any atom is -0.378 e. The van der Waals surface area contributed by atoms with Gasteiger partial charge in [0.1, 0.15) is 6.17 Å². The lowest BCUT2D eigenvalue weighted by Gasteiger charge is -2.21. The van der Waals surface area contributed by atoms with Gasteiger partial charge in [0.05, 0.1) is 6.61 Å². The van der Waals surface area contributed by atoms with Crippen molar-refractivity contribution in [3.05, 3.63) is 0 Å². The molecule has 0 bridgehead atoms. The molecule has 0 aromatic carbocycles. The van der Waals surface area contributed by atoms with Gasteiger partial charge in [0.2, 0.25) is 0 Å². The van der Waals surface area contributed by atoms with E-state index in [1.807, 2.05) is 6.92 Å². The molecule has 1 saturated heterocycles. The third kappa shape index (κ3) is 1.19. The molecule has 1 aliphatic heterocycles. The number of alkyl halides is 1. The van der Waals surface area contributed by atoms with Crippen molar-refractivity contribution in [1.29, 1.82) is 0 Å². The van der Waals surface area contributed by atoms with Crippen molar-refractivity contribution in [2.75, 3.05) is 13.2 Å². The van der Waals surface area contributed by atoms with Crippen molar-refractivity contribution in [3.63, 3.8) is 0 Å². The predicted octanol–water partition coefficient (Wildman–Crippen LogP) is 1.38. The highest BCUT2D eigenvalue weighted by Gasteiger charge is 2.20. The van der Waals surface area contributed by atoms with Gasteiger partial charge in [-0.3, -0.25) is 0 Å². The number of rotatable bonds is 0. The zero-order chi connectivity index (χ0) is 5.98. The van der Waals surface area contributed by atoms with E-state index < -0.39 is 6.17 Å². The molecule has 0 N–H and O–H groups in total. The normalized spacial score (nSPS) is 39.8. The third-order valence-corrected chi connectivity index (χ3v) is 1.61. The van der Waals surface area contributed by atoms with Gasteiger partial charge in [0.15, 0.2) is 0 Å². The van der Waals surface area contributed by atoms with E-state index in [1.54, 1.807) is 0 Å². The summed E-state index contributed by atoms with van der Waals surface area (Å²) in [6.45, 7) is 2.97. The summed E-state index contributed by atoms with van der Waals surface area (Å²) in [7, 11) is 0. The van der Waals surface area contributed by atoms with Crippen LogP contribution in [0.4, 0.5) is 4.39 Å². The highest BCUT2D eigenvalue weighted by Crippen LogP contribution is 2.16. The van der Waals surface area contributed by atoms with Gasteiger partial charge in [-0.05, 0) is 12.3 Å². The first-order chi connectivity index (χ1) is 3.80. The summed E-state index contributed by atoms with van der Waals surface area (Å²) in [4.78, 5) is 0. The van der Waals surface area contributed by atoms with Gasteiger partial charge in [-0.2, -0.15) is 0 Å². The Bertz CT molecular complexity index is 64.9. The maximum Gasteiger partial charge on any atom is 0.126 e. The van der Waals surface area contributed by atoms with Crippen LogP contribution in [0.1, 0.15) is 13.3 Å². The van der Waals surface area contributed by atoms with E-state index in [4.69, 9.17) is 4.74 Å². The average Bonchev–Trinajstić information content (AvgIpc) is 1.77. The van der Waals surface area contributed by atoms with E-state index in [-0.39, 0.29) is 5.92 Å². The van der Waals surface area contributed by atoms with Gasteiger partial charge in [-0.15, -0.1) is 0 Å². The molecule has 0 saturated carbocycles. The molecule has 1 heterocycles. The Morgan fingerprint density at radius 2 is 2.38 bits per heavy atom. The van der Waals surface area contributed by atoms with E-state index >= 15 is 0 Å². The van der Waals surface area contributed by atoms with Crippen molar-refractivity contribution in [2.24, 2.45) is 5.92 Å². The second-order valence-electron chi connectivity index (χ2n) is 2.36. The first-order valence-corrected chi connectivity index (χ1v) is 3.02. The Morgan fingerprint density at radius 3 is 2.75 bits per heavy atom. The van der Waals surface area contributed by atoms with Crippen LogP contribution >= 0.6 is 0 Å². The molecule has 2 heteroatoms. The van der Waals surface area contributed by atoms with Crippen LogP contribution in [-0.4, -0.2) is 19.4 Å². The van der Waals surface area contributed by atoms with E-state index in [0.29, 0.717) is 6.61 Å². The predicted molar refractivity (Wildman–Crippen MR) is 29.5 cm³/mol. The quantitative estimate of drug-likeness (QED) is 0.467. The topological polar surface area (TPSA) is 9.23 Å². The first-order valence-electron chi connectivity index (χ1n) is 3.02. The maximum absolute atomic E-state index is 12.5. The fraction of sp³-hybridized carbons (Fsp3) is 1.00. The van der Waals surface area contributed by atoms with Crippen LogP contribution in [0.15, 0.2) is 0 Å². The number of hydrogen-bond acceptors (Lipinski definition) is 1. The molecule has 2 unspecified atom stereocenters. The summed E-state index contributed by atoms with van der Waals surface area (Å²) < 4.78 is 17.3. The maximum atomic E-state index is 12.5. The van der Waals surface area contributed by atoms with Crippen LogP contribution in [0, 0.1) is 5.92 Å². The minimum atomic E-state index is -0.719. The van der Waals surface area contributed by atoms with Crippen LogP contribution in [0.2, 0.25) is 0 Å². The smallest absolute Gasteiger partial charge is 0.126 e. The molecule has 1 nitrogen and oxygen atoms in total. The summed E-state index contributed by atoms with van der Waals surface area (Å²) in [5, 5.41) is 0. The van der Waals surface area contributed by atoms with Gasteiger partial charge < -0.3 is 4.74 Å². The standard InChI is InChI=1S/C6H11FO/c1-5-2-3-8-4-6(5)7/h5-6H,2-4H2,1H3. The highest BCUT2D eigenvalue weighted by molar-refractivity contribution is 4.67. The zero-order valence-corrected chi connectivity index (χ0v) is 5.06. The molecule has 1 aliphatic rings. The monoisotopic (exact) mass is 118 g/mol. The average molecular weight is 118 g/mol. The lowest BCUT2D eigenvalue weighted by molar-refractivity contribution is 0.00451. The molecule has 0 radical (unpaired) electrons. The molecule has 48 valence electrons. The molecule has 0 aromatic heterocycles. The Kier molecular flexibility index (Phi) is 1.84. The Hall–Kier alpha value is -0.110. The van der Waals surface area contributed by atoms with E-state index in [2.05, 4.69) is 0 Å².